The molecule has 5 nitrogen and oxygen atoms in total. The van der Waals surface area contributed by atoms with Crippen molar-refractivity contribution in [1.29, 1.82) is 0 Å². The number of hydrogen-bond acceptors (Lipinski definition) is 4. The van der Waals surface area contributed by atoms with E-state index in [9.17, 15) is 9.59 Å². The summed E-state index contributed by atoms with van der Waals surface area (Å²) in [6.45, 7) is 3.84. The van der Waals surface area contributed by atoms with Gasteiger partial charge in [-0.1, -0.05) is 61.5 Å². The molecular formula is C20H21N3O2S. The summed E-state index contributed by atoms with van der Waals surface area (Å²) < 4.78 is 0. The Morgan fingerprint density at radius 2 is 2.00 bits per heavy atom. The standard InChI is InChI=1S/C20H21N3O2S/c1-3-7-15-12-18(24)23-20(21-15)26-13(2)19(25)22-17-11-6-9-14-8-4-5-10-16(14)17/h4-6,8-13H,3,7H2,1-2H3,(H,22,25)(H,21,23,24). The summed E-state index contributed by atoms with van der Waals surface area (Å²) in [5.74, 6) is -0.130. The number of anilines is 1. The van der Waals surface area contributed by atoms with Crippen LogP contribution in [0.25, 0.3) is 10.8 Å². The highest BCUT2D eigenvalue weighted by molar-refractivity contribution is 8.00. The van der Waals surface area contributed by atoms with Crippen molar-refractivity contribution in [3.05, 3.63) is 64.6 Å². The highest BCUT2D eigenvalue weighted by atomic mass is 32.2. The lowest BCUT2D eigenvalue weighted by atomic mass is 10.1. The highest BCUT2D eigenvalue weighted by Crippen LogP contribution is 2.25. The van der Waals surface area contributed by atoms with Crippen LogP contribution in [0.2, 0.25) is 0 Å². The van der Waals surface area contributed by atoms with Gasteiger partial charge in [-0.2, -0.15) is 0 Å². The molecule has 0 radical (unpaired) electrons. The van der Waals surface area contributed by atoms with Crippen LogP contribution in [-0.4, -0.2) is 21.1 Å². The number of H-pyrrole nitrogens is 1. The van der Waals surface area contributed by atoms with Gasteiger partial charge in [0, 0.05) is 22.8 Å². The number of aromatic amines is 1. The van der Waals surface area contributed by atoms with Crippen molar-refractivity contribution in [3.63, 3.8) is 0 Å². The van der Waals surface area contributed by atoms with Crippen molar-refractivity contribution < 1.29 is 4.79 Å². The molecule has 0 spiro atoms. The molecule has 1 atom stereocenters. The molecule has 0 saturated carbocycles. The van der Waals surface area contributed by atoms with Crippen LogP contribution in [0.3, 0.4) is 0 Å². The molecule has 2 aromatic carbocycles. The van der Waals surface area contributed by atoms with Gasteiger partial charge in [-0.25, -0.2) is 4.98 Å². The van der Waals surface area contributed by atoms with Crippen LogP contribution in [0.5, 0.6) is 0 Å². The minimum Gasteiger partial charge on any atom is -0.325 e. The number of rotatable bonds is 6. The average Bonchev–Trinajstić information content (AvgIpc) is 2.61. The molecule has 1 amide bonds. The van der Waals surface area contributed by atoms with Gasteiger partial charge in [-0.15, -0.1) is 0 Å². The predicted molar refractivity (Wildman–Crippen MR) is 107 cm³/mol. The summed E-state index contributed by atoms with van der Waals surface area (Å²) in [4.78, 5) is 31.5. The normalized spacial score (nSPS) is 12.1. The minimum atomic E-state index is -0.394. The number of benzene rings is 2. The van der Waals surface area contributed by atoms with Gasteiger partial charge in [-0.05, 0) is 24.8 Å². The minimum absolute atomic E-state index is 0.130. The first-order chi connectivity index (χ1) is 12.6. The van der Waals surface area contributed by atoms with E-state index >= 15 is 0 Å². The maximum atomic E-state index is 12.6. The van der Waals surface area contributed by atoms with Gasteiger partial charge in [0.05, 0.1) is 5.25 Å². The number of fused-ring (bicyclic) bond motifs is 1. The lowest BCUT2D eigenvalue weighted by molar-refractivity contribution is -0.115. The van der Waals surface area contributed by atoms with Crippen LogP contribution >= 0.6 is 11.8 Å². The van der Waals surface area contributed by atoms with Crippen LogP contribution in [0.4, 0.5) is 5.69 Å². The van der Waals surface area contributed by atoms with Crippen molar-refractivity contribution in [2.75, 3.05) is 5.32 Å². The molecule has 2 N–H and O–H groups in total. The number of nitrogens with one attached hydrogen (secondary N) is 2. The van der Waals surface area contributed by atoms with Gasteiger partial charge in [0.15, 0.2) is 5.16 Å². The Hall–Kier alpha value is -2.60. The molecule has 6 heteroatoms. The lowest BCUT2D eigenvalue weighted by Gasteiger charge is -2.13. The summed E-state index contributed by atoms with van der Waals surface area (Å²) in [5, 5.41) is 5.13. The Balaban J connectivity index is 1.75. The van der Waals surface area contributed by atoms with Crippen LogP contribution < -0.4 is 10.9 Å². The van der Waals surface area contributed by atoms with E-state index < -0.39 is 5.25 Å². The van der Waals surface area contributed by atoms with Crippen LogP contribution in [0.1, 0.15) is 26.0 Å². The molecule has 0 aliphatic rings. The van der Waals surface area contributed by atoms with Gasteiger partial charge in [0.1, 0.15) is 0 Å². The van der Waals surface area contributed by atoms with E-state index in [1.165, 1.54) is 17.8 Å². The van der Waals surface area contributed by atoms with E-state index in [-0.39, 0.29) is 11.5 Å². The van der Waals surface area contributed by atoms with E-state index in [4.69, 9.17) is 0 Å². The molecular weight excluding hydrogens is 346 g/mol. The molecule has 1 heterocycles. The third-order valence-corrected chi connectivity index (χ3v) is 4.97. The Bertz CT molecular complexity index is 979. The summed E-state index contributed by atoms with van der Waals surface area (Å²) in [6.07, 6.45) is 1.66. The van der Waals surface area contributed by atoms with E-state index in [0.717, 1.165) is 35.0 Å². The molecule has 0 saturated heterocycles. The molecule has 26 heavy (non-hydrogen) atoms. The fourth-order valence-electron chi connectivity index (χ4n) is 2.71. The quantitative estimate of drug-likeness (QED) is 0.510. The maximum Gasteiger partial charge on any atom is 0.251 e. The average molecular weight is 367 g/mol. The second-order valence-corrected chi connectivity index (χ2v) is 7.40. The third kappa shape index (κ3) is 4.32. The number of amides is 1. The van der Waals surface area contributed by atoms with Crippen LogP contribution in [0, 0.1) is 0 Å². The highest BCUT2D eigenvalue weighted by Gasteiger charge is 2.17. The van der Waals surface area contributed by atoms with Gasteiger partial charge in [0.25, 0.3) is 5.56 Å². The second-order valence-electron chi connectivity index (χ2n) is 6.07. The number of carbonyl (C=O) groups excluding carboxylic acids is 1. The summed E-state index contributed by atoms with van der Waals surface area (Å²) in [6, 6.07) is 15.2. The maximum absolute atomic E-state index is 12.6. The van der Waals surface area contributed by atoms with Crippen molar-refractivity contribution in [3.8, 4) is 0 Å². The first-order valence-corrected chi connectivity index (χ1v) is 9.50. The van der Waals surface area contributed by atoms with E-state index in [0.29, 0.717) is 5.16 Å². The molecule has 0 bridgehead atoms. The first kappa shape index (κ1) is 18.2. The zero-order valence-electron chi connectivity index (χ0n) is 14.8. The predicted octanol–water partition coefficient (Wildman–Crippen LogP) is 3.99. The second kappa shape index (κ2) is 8.19. The Labute approximate surface area is 156 Å². The molecule has 134 valence electrons. The Morgan fingerprint density at radius 1 is 1.23 bits per heavy atom. The number of aryl methyl sites for hydroxylation is 1. The molecule has 3 rings (SSSR count). The molecule has 0 aliphatic heterocycles. The molecule has 0 aliphatic carbocycles. The Kier molecular flexibility index (Phi) is 5.73. The van der Waals surface area contributed by atoms with Gasteiger partial charge >= 0.3 is 0 Å². The van der Waals surface area contributed by atoms with Crippen LogP contribution in [0.15, 0.2) is 58.5 Å². The number of carbonyl (C=O) groups is 1. The molecule has 1 unspecified atom stereocenters. The third-order valence-electron chi connectivity index (χ3n) is 3.98. The fraction of sp³-hybridized carbons (Fsp3) is 0.250. The summed E-state index contributed by atoms with van der Waals surface area (Å²) >= 11 is 1.25. The zero-order valence-corrected chi connectivity index (χ0v) is 15.6. The first-order valence-electron chi connectivity index (χ1n) is 8.62. The lowest BCUT2D eigenvalue weighted by Crippen LogP contribution is -2.23. The number of thioether (sulfide) groups is 1. The van der Waals surface area contributed by atoms with Crippen molar-refractivity contribution in [2.45, 2.75) is 37.1 Å². The number of aromatic nitrogens is 2. The van der Waals surface area contributed by atoms with Crippen molar-refractivity contribution in [2.24, 2.45) is 0 Å². The molecule has 1 aromatic heterocycles. The molecule has 0 fully saturated rings. The smallest absolute Gasteiger partial charge is 0.251 e. The van der Waals surface area contributed by atoms with Gasteiger partial charge in [0.2, 0.25) is 5.91 Å². The summed E-state index contributed by atoms with van der Waals surface area (Å²) in [5.41, 5.74) is 1.34. The number of nitrogens with zero attached hydrogens (tertiary/aromatic N) is 1. The van der Waals surface area contributed by atoms with Crippen molar-refractivity contribution in [1.82, 2.24) is 9.97 Å². The monoisotopic (exact) mass is 367 g/mol. The van der Waals surface area contributed by atoms with Crippen LogP contribution in [-0.2, 0) is 11.2 Å². The zero-order chi connectivity index (χ0) is 18.5. The van der Waals surface area contributed by atoms with Gasteiger partial charge in [-0.3, -0.25) is 9.59 Å². The summed E-state index contributed by atoms with van der Waals surface area (Å²) in [7, 11) is 0. The number of hydrogen-bond donors (Lipinski definition) is 2. The SMILES string of the molecule is CCCc1cc(=O)[nH]c(SC(C)C(=O)Nc2cccc3ccccc23)n1. The van der Waals surface area contributed by atoms with Crippen molar-refractivity contribution >= 4 is 34.1 Å². The van der Waals surface area contributed by atoms with Gasteiger partial charge < -0.3 is 10.3 Å². The fourth-order valence-corrected chi connectivity index (χ4v) is 3.54. The van der Waals surface area contributed by atoms with E-state index in [1.807, 2.05) is 49.4 Å². The van der Waals surface area contributed by atoms with E-state index in [1.54, 1.807) is 6.92 Å². The topological polar surface area (TPSA) is 74.8 Å². The largest absolute Gasteiger partial charge is 0.325 e. The Morgan fingerprint density at radius 3 is 2.81 bits per heavy atom. The molecule has 3 aromatic rings. The van der Waals surface area contributed by atoms with E-state index in [2.05, 4.69) is 15.3 Å².